The Balaban J connectivity index is 1.55. The van der Waals surface area contributed by atoms with Gasteiger partial charge in [0.15, 0.2) is 0 Å². The van der Waals surface area contributed by atoms with E-state index in [0.717, 1.165) is 10.4 Å². The number of hydrogen-bond acceptors (Lipinski definition) is 3. The van der Waals surface area contributed by atoms with E-state index in [2.05, 4.69) is 34.6 Å². The molecule has 114 valence electrons. The maximum atomic E-state index is 11.8. The number of amides is 1. The predicted molar refractivity (Wildman–Crippen MR) is 94.9 cm³/mol. The Morgan fingerprint density at radius 2 is 1.78 bits per heavy atom. The van der Waals surface area contributed by atoms with Crippen LogP contribution in [0.5, 0.6) is 0 Å². The van der Waals surface area contributed by atoms with E-state index < -0.39 is 0 Å². The van der Waals surface area contributed by atoms with Gasteiger partial charge in [0, 0.05) is 23.7 Å². The molecule has 0 aliphatic rings. The number of nitrogens with zero attached hydrogens (tertiary/aromatic N) is 1. The maximum absolute atomic E-state index is 11.8. The number of aromatic nitrogens is 1. The molecule has 0 atom stereocenters. The van der Waals surface area contributed by atoms with Gasteiger partial charge in [0.05, 0.1) is 5.51 Å². The van der Waals surface area contributed by atoms with Crippen molar-refractivity contribution in [3.05, 3.63) is 82.8 Å². The summed E-state index contributed by atoms with van der Waals surface area (Å²) in [4.78, 5) is 16.7. The minimum absolute atomic E-state index is 0.106. The Morgan fingerprint density at radius 3 is 2.48 bits per heavy atom. The van der Waals surface area contributed by atoms with Gasteiger partial charge in [-0.05, 0) is 22.8 Å². The molecule has 0 radical (unpaired) electrons. The lowest BCUT2D eigenvalue weighted by Gasteiger charge is -2.05. The van der Waals surface area contributed by atoms with Crippen LogP contribution >= 0.6 is 11.3 Å². The van der Waals surface area contributed by atoms with E-state index in [9.17, 15) is 4.79 Å². The van der Waals surface area contributed by atoms with Crippen LogP contribution < -0.4 is 5.32 Å². The molecule has 0 aliphatic heterocycles. The van der Waals surface area contributed by atoms with Gasteiger partial charge < -0.3 is 5.32 Å². The zero-order valence-corrected chi connectivity index (χ0v) is 13.3. The number of carbonyl (C=O) groups is 1. The first-order valence-electron chi connectivity index (χ1n) is 7.30. The number of carbonyl (C=O) groups excluding carboxylic acids is 1. The summed E-state index contributed by atoms with van der Waals surface area (Å²) in [5.74, 6) is -0.106. The molecule has 23 heavy (non-hydrogen) atoms. The van der Waals surface area contributed by atoms with Crippen molar-refractivity contribution in [1.29, 1.82) is 0 Å². The summed E-state index contributed by atoms with van der Waals surface area (Å²) in [6, 6.07) is 18.5. The largest absolute Gasteiger partial charge is 0.348 e. The predicted octanol–water partition coefficient (Wildman–Crippen LogP) is 4.14. The highest BCUT2D eigenvalue weighted by Crippen LogP contribution is 2.19. The lowest BCUT2D eigenvalue weighted by Crippen LogP contribution is -2.20. The highest BCUT2D eigenvalue weighted by Gasteiger charge is 1.99. The zero-order valence-electron chi connectivity index (χ0n) is 12.5. The average Bonchev–Trinajstić information content (AvgIpc) is 3.13. The van der Waals surface area contributed by atoms with Gasteiger partial charge in [-0.1, -0.05) is 54.6 Å². The lowest BCUT2D eigenvalue weighted by molar-refractivity contribution is -0.116. The smallest absolute Gasteiger partial charge is 0.244 e. The van der Waals surface area contributed by atoms with Gasteiger partial charge in [0.1, 0.15) is 0 Å². The summed E-state index contributed by atoms with van der Waals surface area (Å²) in [6.45, 7) is 0.515. The first-order chi connectivity index (χ1) is 11.3. The number of rotatable bonds is 5. The minimum atomic E-state index is -0.106. The fraction of sp³-hybridized carbons (Fsp3) is 0.0526. The van der Waals surface area contributed by atoms with E-state index in [1.165, 1.54) is 28.5 Å². The second kappa shape index (κ2) is 7.51. The molecule has 3 aromatic rings. The van der Waals surface area contributed by atoms with Crippen LogP contribution in [0.1, 0.15) is 10.4 Å². The van der Waals surface area contributed by atoms with Gasteiger partial charge in [-0.3, -0.25) is 9.78 Å². The number of hydrogen-bond donors (Lipinski definition) is 1. The second-order valence-electron chi connectivity index (χ2n) is 5.02. The van der Waals surface area contributed by atoms with E-state index in [4.69, 9.17) is 0 Å². The third kappa shape index (κ3) is 4.37. The van der Waals surface area contributed by atoms with Gasteiger partial charge >= 0.3 is 0 Å². The van der Waals surface area contributed by atoms with Crippen LogP contribution in [0.4, 0.5) is 0 Å². The summed E-state index contributed by atoms with van der Waals surface area (Å²) in [7, 11) is 0. The molecule has 3 nitrogen and oxygen atoms in total. The Kier molecular flexibility index (Phi) is 4.96. The number of nitrogens with one attached hydrogen (secondary N) is 1. The van der Waals surface area contributed by atoms with Crippen molar-refractivity contribution < 1.29 is 4.79 Å². The molecule has 0 saturated carbocycles. The van der Waals surface area contributed by atoms with Crippen LogP contribution in [-0.2, 0) is 11.3 Å². The highest BCUT2D eigenvalue weighted by atomic mass is 32.1. The molecule has 1 N–H and O–H groups in total. The Morgan fingerprint density at radius 1 is 1.04 bits per heavy atom. The normalized spacial score (nSPS) is 10.8. The van der Waals surface area contributed by atoms with Crippen LogP contribution in [-0.4, -0.2) is 10.9 Å². The Hall–Kier alpha value is -2.72. The summed E-state index contributed by atoms with van der Waals surface area (Å²) in [6.07, 6.45) is 5.04. The molecule has 4 heteroatoms. The first-order valence-corrected chi connectivity index (χ1v) is 8.18. The minimum Gasteiger partial charge on any atom is -0.348 e. The summed E-state index contributed by atoms with van der Waals surface area (Å²) >= 11 is 1.50. The van der Waals surface area contributed by atoms with Crippen LogP contribution in [0.2, 0.25) is 0 Å². The second-order valence-corrected chi connectivity index (χ2v) is 5.94. The average molecular weight is 320 g/mol. The molecule has 0 fully saturated rings. The van der Waals surface area contributed by atoms with E-state index in [1.54, 1.807) is 17.8 Å². The Bertz CT molecular complexity index is 778. The molecule has 3 rings (SSSR count). The van der Waals surface area contributed by atoms with Crippen LogP contribution in [0.3, 0.4) is 0 Å². The van der Waals surface area contributed by atoms with Crippen molar-refractivity contribution in [3.8, 4) is 11.1 Å². The number of benzene rings is 2. The third-order valence-electron chi connectivity index (χ3n) is 3.38. The van der Waals surface area contributed by atoms with Crippen molar-refractivity contribution in [2.75, 3.05) is 0 Å². The number of thiazole rings is 1. The molecular formula is C19H16N2OS. The monoisotopic (exact) mass is 320 g/mol. The van der Waals surface area contributed by atoms with E-state index in [0.29, 0.717) is 6.54 Å². The summed E-state index contributed by atoms with van der Waals surface area (Å²) in [5, 5.41) is 2.88. The summed E-state index contributed by atoms with van der Waals surface area (Å²) < 4.78 is 0. The molecule has 0 saturated heterocycles. The fourth-order valence-corrected chi connectivity index (χ4v) is 2.67. The van der Waals surface area contributed by atoms with Gasteiger partial charge in [-0.25, -0.2) is 0 Å². The van der Waals surface area contributed by atoms with Crippen LogP contribution in [0, 0.1) is 0 Å². The van der Waals surface area contributed by atoms with Gasteiger partial charge in [0.25, 0.3) is 0 Å². The van der Waals surface area contributed by atoms with Crippen molar-refractivity contribution in [3.63, 3.8) is 0 Å². The quantitative estimate of drug-likeness (QED) is 0.718. The molecule has 1 aromatic heterocycles. The fourth-order valence-electron chi connectivity index (χ4n) is 2.16. The van der Waals surface area contributed by atoms with Crippen molar-refractivity contribution in [2.45, 2.75) is 6.54 Å². The van der Waals surface area contributed by atoms with E-state index in [-0.39, 0.29) is 5.91 Å². The van der Waals surface area contributed by atoms with Gasteiger partial charge in [0.2, 0.25) is 5.91 Å². The first kappa shape index (κ1) is 15.2. The van der Waals surface area contributed by atoms with Crippen molar-refractivity contribution in [2.24, 2.45) is 0 Å². The molecular weight excluding hydrogens is 304 g/mol. The maximum Gasteiger partial charge on any atom is 0.244 e. The molecule has 0 unspecified atom stereocenters. The van der Waals surface area contributed by atoms with Crippen LogP contribution in [0.15, 0.2) is 72.4 Å². The molecule has 1 heterocycles. The molecule has 0 bridgehead atoms. The van der Waals surface area contributed by atoms with Gasteiger partial charge in [-0.15, -0.1) is 11.3 Å². The van der Waals surface area contributed by atoms with Gasteiger partial charge in [-0.2, -0.15) is 0 Å². The Labute approximate surface area is 139 Å². The van der Waals surface area contributed by atoms with Crippen LogP contribution in [0.25, 0.3) is 17.2 Å². The van der Waals surface area contributed by atoms with Crippen molar-refractivity contribution >= 4 is 23.3 Å². The SMILES string of the molecule is O=C(/C=C/c1cncs1)NCc1ccc(-c2ccccc2)cc1. The molecule has 0 spiro atoms. The topological polar surface area (TPSA) is 42.0 Å². The standard InChI is InChI=1S/C19H16N2OS/c22-19(11-10-18-13-20-14-23-18)21-12-15-6-8-17(9-7-15)16-4-2-1-3-5-16/h1-11,13-14H,12H2,(H,21,22)/b11-10+. The molecule has 1 amide bonds. The summed E-state index contributed by atoms with van der Waals surface area (Å²) in [5.41, 5.74) is 5.18. The van der Waals surface area contributed by atoms with Crippen molar-refractivity contribution in [1.82, 2.24) is 10.3 Å². The van der Waals surface area contributed by atoms with E-state index in [1.807, 2.05) is 30.3 Å². The molecule has 0 aliphatic carbocycles. The highest BCUT2D eigenvalue weighted by molar-refractivity contribution is 7.10. The van der Waals surface area contributed by atoms with E-state index >= 15 is 0 Å². The third-order valence-corrected chi connectivity index (χ3v) is 4.12. The molecule has 2 aromatic carbocycles. The lowest BCUT2D eigenvalue weighted by atomic mass is 10.0. The zero-order chi connectivity index (χ0) is 15.9.